The molecule has 1 heterocycles. The van der Waals surface area contributed by atoms with Gasteiger partial charge in [0.15, 0.2) is 0 Å². The Kier molecular flexibility index (Phi) is 4.71. The Balaban J connectivity index is 2.40. The molecule has 0 saturated heterocycles. The largest absolute Gasteiger partial charge is 0.480 e. The Morgan fingerprint density at radius 2 is 2.38 bits per heavy atom. The average molecular weight is 243 g/mol. The van der Waals surface area contributed by atoms with E-state index in [0.717, 1.165) is 5.69 Å². The van der Waals surface area contributed by atoms with E-state index in [2.05, 4.69) is 10.3 Å². The first kappa shape index (κ1) is 12.4. The topological polar surface area (TPSA) is 82.5 Å². The smallest absolute Gasteiger partial charge is 0.323 e. The zero-order valence-corrected chi connectivity index (χ0v) is 9.66. The van der Waals surface area contributed by atoms with Gasteiger partial charge in [-0.15, -0.1) is 11.3 Å². The number of nitrogens with zero attached hydrogens (tertiary/aromatic N) is 2. The number of likely N-dealkylation sites (N-methyl/N-ethyl adjacent to an activating group) is 1. The molecule has 0 radical (unpaired) electrons. The van der Waals surface area contributed by atoms with Crippen LogP contribution >= 0.6 is 11.3 Å². The second-order valence-corrected chi connectivity index (χ2v) is 3.77. The zero-order chi connectivity index (χ0) is 12.0. The fourth-order valence-electron chi connectivity index (χ4n) is 1.09. The molecule has 2 amide bonds. The van der Waals surface area contributed by atoms with Gasteiger partial charge in [0, 0.05) is 11.9 Å². The van der Waals surface area contributed by atoms with Gasteiger partial charge in [0.25, 0.3) is 0 Å². The normalized spacial score (nSPS) is 9.81. The molecule has 0 saturated carbocycles. The number of carboxylic acid groups (broad SMARTS) is 1. The molecule has 16 heavy (non-hydrogen) atoms. The van der Waals surface area contributed by atoms with Crippen molar-refractivity contribution in [2.45, 2.75) is 13.5 Å². The fourth-order valence-corrected chi connectivity index (χ4v) is 1.65. The quantitative estimate of drug-likeness (QED) is 0.799. The number of carbonyl (C=O) groups excluding carboxylic acids is 1. The van der Waals surface area contributed by atoms with Crippen molar-refractivity contribution in [3.05, 3.63) is 16.6 Å². The van der Waals surface area contributed by atoms with Gasteiger partial charge < -0.3 is 15.3 Å². The minimum atomic E-state index is -1.02. The highest BCUT2D eigenvalue weighted by Crippen LogP contribution is 2.00. The number of thiazole rings is 1. The highest BCUT2D eigenvalue weighted by molar-refractivity contribution is 7.07. The number of nitrogens with one attached hydrogen (secondary N) is 1. The molecule has 88 valence electrons. The second-order valence-electron chi connectivity index (χ2n) is 3.05. The summed E-state index contributed by atoms with van der Waals surface area (Å²) in [5, 5.41) is 13.0. The Hall–Kier alpha value is -1.63. The average Bonchev–Trinajstić information content (AvgIpc) is 2.75. The summed E-state index contributed by atoms with van der Waals surface area (Å²) in [6.07, 6.45) is 0. The van der Waals surface area contributed by atoms with E-state index < -0.39 is 12.0 Å². The van der Waals surface area contributed by atoms with Crippen LogP contribution in [0.5, 0.6) is 0 Å². The number of hydrogen-bond donors (Lipinski definition) is 2. The lowest BCUT2D eigenvalue weighted by atomic mass is 10.4. The third kappa shape index (κ3) is 3.85. The minimum Gasteiger partial charge on any atom is -0.480 e. The molecule has 1 aromatic heterocycles. The van der Waals surface area contributed by atoms with Crippen LogP contribution in [0.3, 0.4) is 0 Å². The van der Waals surface area contributed by atoms with Crippen molar-refractivity contribution in [1.82, 2.24) is 15.2 Å². The van der Waals surface area contributed by atoms with Gasteiger partial charge >= 0.3 is 12.0 Å². The molecular weight excluding hydrogens is 230 g/mol. The Morgan fingerprint density at radius 3 is 2.88 bits per heavy atom. The number of rotatable bonds is 5. The Labute approximate surface area is 96.9 Å². The molecule has 0 atom stereocenters. The van der Waals surface area contributed by atoms with Crippen molar-refractivity contribution in [3.8, 4) is 0 Å². The molecule has 7 heteroatoms. The highest BCUT2D eigenvalue weighted by atomic mass is 32.1. The van der Waals surface area contributed by atoms with E-state index in [1.54, 1.807) is 12.4 Å². The molecule has 1 rings (SSSR count). The second kappa shape index (κ2) is 6.06. The molecule has 0 fully saturated rings. The van der Waals surface area contributed by atoms with E-state index in [1.807, 2.05) is 5.38 Å². The maximum atomic E-state index is 11.5. The first-order valence-electron chi connectivity index (χ1n) is 4.75. The van der Waals surface area contributed by atoms with E-state index in [0.29, 0.717) is 13.1 Å². The number of aliphatic carboxylic acids is 1. The van der Waals surface area contributed by atoms with Crippen molar-refractivity contribution < 1.29 is 14.7 Å². The van der Waals surface area contributed by atoms with Gasteiger partial charge in [0.1, 0.15) is 6.54 Å². The molecule has 0 spiro atoms. The van der Waals surface area contributed by atoms with Crippen molar-refractivity contribution in [3.63, 3.8) is 0 Å². The first-order chi connectivity index (χ1) is 7.63. The van der Waals surface area contributed by atoms with Crippen molar-refractivity contribution in [2.24, 2.45) is 0 Å². The van der Waals surface area contributed by atoms with Gasteiger partial charge in [0.05, 0.1) is 17.7 Å². The minimum absolute atomic E-state index is 0.292. The Bertz CT molecular complexity index is 353. The summed E-state index contributed by atoms with van der Waals surface area (Å²) in [5.41, 5.74) is 2.45. The molecule has 2 N–H and O–H groups in total. The van der Waals surface area contributed by atoms with E-state index >= 15 is 0 Å². The zero-order valence-electron chi connectivity index (χ0n) is 8.84. The number of hydrogen-bond acceptors (Lipinski definition) is 4. The first-order valence-corrected chi connectivity index (χ1v) is 5.69. The van der Waals surface area contributed by atoms with Crippen LogP contribution in [0.25, 0.3) is 0 Å². The maximum absolute atomic E-state index is 11.5. The number of aromatic nitrogens is 1. The molecular formula is C9H13N3O3S. The number of urea groups is 1. The van der Waals surface area contributed by atoms with Crippen LogP contribution < -0.4 is 5.32 Å². The molecule has 0 aromatic carbocycles. The van der Waals surface area contributed by atoms with Crippen molar-refractivity contribution in [1.29, 1.82) is 0 Å². The molecule has 1 aromatic rings. The predicted molar refractivity (Wildman–Crippen MR) is 59.2 cm³/mol. The van der Waals surface area contributed by atoms with Crippen molar-refractivity contribution in [2.75, 3.05) is 13.1 Å². The van der Waals surface area contributed by atoms with Crippen LogP contribution in [0.4, 0.5) is 4.79 Å². The van der Waals surface area contributed by atoms with E-state index in [9.17, 15) is 9.59 Å². The standard InChI is InChI=1S/C9H13N3O3S/c1-2-12(4-8(13)14)9(15)10-3-7-5-16-6-11-7/h5-6H,2-4H2,1H3,(H,10,15)(H,13,14). The van der Waals surface area contributed by atoms with Gasteiger partial charge in [-0.05, 0) is 6.92 Å². The summed E-state index contributed by atoms with van der Waals surface area (Å²) in [6, 6.07) is -0.391. The van der Waals surface area contributed by atoms with E-state index in [1.165, 1.54) is 16.2 Å². The van der Waals surface area contributed by atoms with Gasteiger partial charge in [-0.2, -0.15) is 0 Å². The molecule has 0 bridgehead atoms. The summed E-state index contributed by atoms with van der Waals surface area (Å²) in [5.74, 6) is -1.02. The molecule has 0 aliphatic carbocycles. The summed E-state index contributed by atoms with van der Waals surface area (Å²) in [7, 11) is 0. The maximum Gasteiger partial charge on any atom is 0.323 e. The van der Waals surface area contributed by atoms with Gasteiger partial charge in [-0.1, -0.05) is 0 Å². The third-order valence-electron chi connectivity index (χ3n) is 1.90. The SMILES string of the molecule is CCN(CC(=O)O)C(=O)NCc1cscn1. The molecule has 0 unspecified atom stereocenters. The number of amides is 2. The predicted octanol–water partition coefficient (Wildman–Crippen LogP) is 0.759. The molecule has 0 aliphatic rings. The summed E-state index contributed by atoms with van der Waals surface area (Å²) in [6.45, 7) is 2.11. The molecule has 6 nitrogen and oxygen atoms in total. The van der Waals surface area contributed by atoms with Gasteiger partial charge in [0.2, 0.25) is 0 Å². The lowest BCUT2D eigenvalue weighted by molar-refractivity contribution is -0.137. The summed E-state index contributed by atoms with van der Waals surface area (Å²) < 4.78 is 0. The van der Waals surface area contributed by atoms with Gasteiger partial charge in [-0.25, -0.2) is 9.78 Å². The fraction of sp³-hybridized carbons (Fsp3) is 0.444. The Morgan fingerprint density at radius 1 is 1.62 bits per heavy atom. The van der Waals surface area contributed by atoms with Gasteiger partial charge in [-0.3, -0.25) is 4.79 Å². The van der Waals surface area contributed by atoms with Crippen LogP contribution in [0.15, 0.2) is 10.9 Å². The van der Waals surface area contributed by atoms with E-state index in [-0.39, 0.29) is 6.54 Å². The lowest BCUT2D eigenvalue weighted by Gasteiger charge is -2.18. The van der Waals surface area contributed by atoms with E-state index in [4.69, 9.17) is 5.11 Å². The van der Waals surface area contributed by atoms with Crippen LogP contribution in [0.1, 0.15) is 12.6 Å². The van der Waals surface area contributed by atoms with Crippen LogP contribution in [0, 0.1) is 0 Å². The monoisotopic (exact) mass is 243 g/mol. The van der Waals surface area contributed by atoms with Crippen LogP contribution in [-0.2, 0) is 11.3 Å². The highest BCUT2D eigenvalue weighted by Gasteiger charge is 2.14. The summed E-state index contributed by atoms with van der Waals surface area (Å²) >= 11 is 1.45. The van der Waals surface area contributed by atoms with Crippen molar-refractivity contribution >= 4 is 23.3 Å². The number of carboxylic acids is 1. The van der Waals surface area contributed by atoms with Crippen LogP contribution in [-0.4, -0.2) is 40.1 Å². The summed E-state index contributed by atoms with van der Waals surface area (Å²) in [4.78, 5) is 27.2. The van der Waals surface area contributed by atoms with Crippen LogP contribution in [0.2, 0.25) is 0 Å². The lowest BCUT2D eigenvalue weighted by Crippen LogP contribution is -2.42. The number of carbonyl (C=O) groups is 2. The molecule has 0 aliphatic heterocycles. The third-order valence-corrected chi connectivity index (χ3v) is 2.53.